The van der Waals surface area contributed by atoms with Gasteiger partial charge in [-0.25, -0.2) is 0 Å². The number of hydrogen-bond donors (Lipinski definition) is 2. The molecular weight excluding hydrogens is 250 g/mol. The van der Waals surface area contributed by atoms with Gasteiger partial charge in [0.25, 0.3) is 0 Å². The minimum atomic E-state index is 0.0817. The van der Waals surface area contributed by atoms with Crippen LogP contribution in [-0.2, 0) is 4.79 Å². The van der Waals surface area contributed by atoms with Crippen LogP contribution in [-0.4, -0.2) is 19.0 Å². The number of carbonyl (C=O) groups excluding carboxylic acids is 1. The number of nitrogens with one attached hydrogen (secondary N) is 2. The molecule has 1 aromatic carbocycles. The molecule has 0 radical (unpaired) electrons. The van der Waals surface area contributed by atoms with Gasteiger partial charge in [-0.15, -0.1) is 0 Å². The summed E-state index contributed by atoms with van der Waals surface area (Å²) in [6.07, 6.45) is 0.480. The molecule has 1 unspecified atom stereocenters. The topological polar surface area (TPSA) is 64.9 Å². The van der Waals surface area contributed by atoms with Crippen LogP contribution in [0.25, 0.3) is 0 Å². The van der Waals surface area contributed by atoms with E-state index in [1.165, 1.54) is 0 Å². The number of rotatable bonds is 7. The van der Waals surface area contributed by atoms with Crippen molar-refractivity contribution in [1.82, 2.24) is 10.6 Å². The fraction of sp³-hybridized carbons (Fsp3) is 0.500. The molecule has 0 saturated heterocycles. The van der Waals surface area contributed by atoms with Crippen LogP contribution in [0.3, 0.4) is 0 Å². The number of nitrogens with zero attached hydrogens (tertiary/aromatic N) is 1. The molecule has 0 heterocycles. The van der Waals surface area contributed by atoms with Crippen LogP contribution in [0.15, 0.2) is 24.3 Å². The lowest BCUT2D eigenvalue weighted by Gasteiger charge is -2.14. The molecule has 0 aromatic heterocycles. The summed E-state index contributed by atoms with van der Waals surface area (Å²) in [6.45, 7) is 7.57. The number of hydrogen-bond acceptors (Lipinski definition) is 3. The number of nitriles is 1. The predicted octanol–water partition coefficient (Wildman–Crippen LogP) is 2.37. The molecule has 0 spiro atoms. The summed E-state index contributed by atoms with van der Waals surface area (Å²) in [5.74, 6) is 0.558. The fourth-order valence-electron chi connectivity index (χ4n) is 1.77. The molecule has 1 rings (SSSR count). The Bertz CT molecular complexity index is 460. The lowest BCUT2D eigenvalue weighted by atomic mass is 10.1. The maximum absolute atomic E-state index is 11.6. The molecule has 0 aliphatic rings. The average molecular weight is 273 g/mol. The molecule has 1 atom stereocenters. The van der Waals surface area contributed by atoms with Crippen LogP contribution in [0, 0.1) is 17.2 Å². The van der Waals surface area contributed by atoms with Crippen molar-refractivity contribution in [3.05, 3.63) is 35.4 Å². The summed E-state index contributed by atoms with van der Waals surface area (Å²) in [7, 11) is 0. The van der Waals surface area contributed by atoms with E-state index in [1.54, 1.807) is 0 Å². The van der Waals surface area contributed by atoms with Gasteiger partial charge >= 0.3 is 0 Å². The lowest BCUT2D eigenvalue weighted by Crippen LogP contribution is -2.31. The largest absolute Gasteiger partial charge is 0.356 e. The Morgan fingerprint density at radius 1 is 1.25 bits per heavy atom. The Morgan fingerprint density at radius 3 is 2.45 bits per heavy atom. The standard InChI is InChI=1S/C16H23N3O/c1-12(2)11-19-16(20)8-9-18-13(3)15-6-4-14(10-17)5-7-15/h4-7,12-13,18H,8-9,11H2,1-3H3,(H,19,20). The molecule has 4 heteroatoms. The minimum Gasteiger partial charge on any atom is -0.356 e. The highest BCUT2D eigenvalue weighted by Gasteiger charge is 2.06. The highest BCUT2D eigenvalue weighted by atomic mass is 16.1. The normalized spacial score (nSPS) is 11.9. The van der Waals surface area contributed by atoms with E-state index in [0.717, 1.165) is 12.1 Å². The monoisotopic (exact) mass is 273 g/mol. The van der Waals surface area contributed by atoms with Gasteiger partial charge in [0.2, 0.25) is 5.91 Å². The zero-order chi connectivity index (χ0) is 15.0. The highest BCUT2D eigenvalue weighted by Crippen LogP contribution is 2.12. The van der Waals surface area contributed by atoms with Gasteiger partial charge in [0.1, 0.15) is 0 Å². The molecule has 0 fully saturated rings. The third-order valence-electron chi connectivity index (χ3n) is 3.05. The third kappa shape index (κ3) is 5.85. The molecule has 20 heavy (non-hydrogen) atoms. The Kier molecular flexibility index (Phi) is 6.75. The van der Waals surface area contributed by atoms with E-state index in [1.807, 2.05) is 31.2 Å². The van der Waals surface area contributed by atoms with Crippen molar-refractivity contribution in [3.63, 3.8) is 0 Å². The zero-order valence-corrected chi connectivity index (χ0v) is 12.4. The first kappa shape index (κ1) is 16.2. The maximum atomic E-state index is 11.6. The van der Waals surface area contributed by atoms with Gasteiger partial charge in [0, 0.05) is 25.6 Å². The van der Waals surface area contributed by atoms with Gasteiger partial charge in [-0.2, -0.15) is 5.26 Å². The van der Waals surface area contributed by atoms with E-state index >= 15 is 0 Å². The molecule has 0 aliphatic carbocycles. The van der Waals surface area contributed by atoms with Crippen molar-refractivity contribution in [1.29, 1.82) is 5.26 Å². The molecule has 0 aliphatic heterocycles. The Hall–Kier alpha value is -1.86. The van der Waals surface area contributed by atoms with Crippen molar-refractivity contribution in [2.45, 2.75) is 33.2 Å². The van der Waals surface area contributed by atoms with Crippen molar-refractivity contribution in [3.8, 4) is 6.07 Å². The van der Waals surface area contributed by atoms with Crippen LogP contribution in [0.5, 0.6) is 0 Å². The van der Waals surface area contributed by atoms with E-state index in [0.29, 0.717) is 24.4 Å². The molecule has 0 saturated carbocycles. The Balaban J connectivity index is 2.30. The second kappa shape index (κ2) is 8.34. The van der Waals surface area contributed by atoms with E-state index < -0.39 is 0 Å². The number of amides is 1. The molecule has 1 amide bonds. The van der Waals surface area contributed by atoms with E-state index in [-0.39, 0.29) is 11.9 Å². The van der Waals surface area contributed by atoms with Gasteiger partial charge in [0.05, 0.1) is 11.6 Å². The summed E-state index contributed by atoms with van der Waals surface area (Å²) >= 11 is 0. The van der Waals surface area contributed by atoms with Crippen LogP contribution in [0.4, 0.5) is 0 Å². The SMILES string of the molecule is CC(C)CNC(=O)CCNC(C)c1ccc(C#N)cc1. The molecule has 2 N–H and O–H groups in total. The summed E-state index contributed by atoms with van der Waals surface area (Å²) < 4.78 is 0. The van der Waals surface area contributed by atoms with Crippen LogP contribution in [0.1, 0.15) is 44.4 Å². The van der Waals surface area contributed by atoms with E-state index in [4.69, 9.17) is 5.26 Å². The Morgan fingerprint density at radius 2 is 1.90 bits per heavy atom. The number of benzene rings is 1. The fourth-order valence-corrected chi connectivity index (χ4v) is 1.77. The third-order valence-corrected chi connectivity index (χ3v) is 3.05. The second-order valence-electron chi connectivity index (χ2n) is 5.36. The van der Waals surface area contributed by atoms with Crippen molar-refractivity contribution < 1.29 is 4.79 Å². The molecule has 0 bridgehead atoms. The second-order valence-corrected chi connectivity index (χ2v) is 5.36. The summed E-state index contributed by atoms with van der Waals surface area (Å²) in [5.41, 5.74) is 1.78. The van der Waals surface area contributed by atoms with Crippen molar-refractivity contribution in [2.24, 2.45) is 5.92 Å². The van der Waals surface area contributed by atoms with Crippen molar-refractivity contribution >= 4 is 5.91 Å². The van der Waals surface area contributed by atoms with Gasteiger partial charge in [-0.05, 0) is 30.5 Å². The van der Waals surface area contributed by atoms with Gasteiger partial charge < -0.3 is 10.6 Å². The molecular formula is C16H23N3O. The highest BCUT2D eigenvalue weighted by molar-refractivity contribution is 5.76. The average Bonchev–Trinajstić information content (AvgIpc) is 2.45. The van der Waals surface area contributed by atoms with E-state index in [2.05, 4.69) is 30.6 Å². The molecule has 1 aromatic rings. The van der Waals surface area contributed by atoms with Crippen LogP contribution >= 0.6 is 0 Å². The van der Waals surface area contributed by atoms with Gasteiger partial charge in [-0.3, -0.25) is 4.79 Å². The van der Waals surface area contributed by atoms with Crippen LogP contribution < -0.4 is 10.6 Å². The lowest BCUT2D eigenvalue weighted by molar-refractivity contribution is -0.121. The number of carbonyl (C=O) groups is 1. The first-order valence-corrected chi connectivity index (χ1v) is 7.03. The molecule has 108 valence electrons. The smallest absolute Gasteiger partial charge is 0.221 e. The predicted molar refractivity (Wildman–Crippen MR) is 80.0 cm³/mol. The summed E-state index contributed by atoms with van der Waals surface area (Å²) in [6, 6.07) is 9.76. The van der Waals surface area contributed by atoms with Gasteiger partial charge in [-0.1, -0.05) is 26.0 Å². The Labute approximate surface area is 121 Å². The summed E-state index contributed by atoms with van der Waals surface area (Å²) in [4.78, 5) is 11.6. The van der Waals surface area contributed by atoms with Crippen molar-refractivity contribution in [2.75, 3.05) is 13.1 Å². The maximum Gasteiger partial charge on any atom is 0.221 e. The first-order chi connectivity index (χ1) is 9.52. The minimum absolute atomic E-state index is 0.0817. The summed E-state index contributed by atoms with van der Waals surface area (Å²) in [5, 5.41) is 15.0. The quantitative estimate of drug-likeness (QED) is 0.801. The zero-order valence-electron chi connectivity index (χ0n) is 12.4. The first-order valence-electron chi connectivity index (χ1n) is 7.03. The molecule has 4 nitrogen and oxygen atoms in total. The van der Waals surface area contributed by atoms with E-state index in [9.17, 15) is 4.79 Å². The van der Waals surface area contributed by atoms with Gasteiger partial charge in [0.15, 0.2) is 0 Å². The van der Waals surface area contributed by atoms with Crippen LogP contribution in [0.2, 0.25) is 0 Å².